The molecule has 0 saturated carbocycles. The molecule has 1 saturated heterocycles. The van der Waals surface area contributed by atoms with Crippen LogP contribution in [-0.2, 0) is 6.54 Å². The number of guanidine groups is 1. The highest BCUT2D eigenvalue weighted by Crippen LogP contribution is 2.33. The summed E-state index contributed by atoms with van der Waals surface area (Å²) in [4.78, 5) is 6.50. The van der Waals surface area contributed by atoms with Gasteiger partial charge < -0.3 is 19.7 Å². The minimum atomic E-state index is -0.0966. The second-order valence-electron chi connectivity index (χ2n) is 7.85. The molecule has 1 fully saturated rings. The van der Waals surface area contributed by atoms with Gasteiger partial charge in [0.1, 0.15) is 6.04 Å². The minimum absolute atomic E-state index is 0.0605. The van der Waals surface area contributed by atoms with Gasteiger partial charge in [-0.2, -0.15) is 4.98 Å². The number of nitrogens with one attached hydrogen (secondary N) is 1. The molecule has 0 spiro atoms. The summed E-state index contributed by atoms with van der Waals surface area (Å²) in [7, 11) is 0. The number of hydrogen-bond acceptors (Lipinski definition) is 4. The Hall–Kier alpha value is -2.83. The Kier molecular flexibility index (Phi) is 5.83. The molecular weight excluding hydrogens is 364 g/mol. The van der Waals surface area contributed by atoms with Crippen LogP contribution in [0.1, 0.15) is 63.8 Å². The third-order valence-electron chi connectivity index (χ3n) is 5.85. The van der Waals surface area contributed by atoms with Crippen molar-refractivity contribution >= 4 is 16.9 Å². The van der Waals surface area contributed by atoms with Gasteiger partial charge in [0.15, 0.2) is 5.96 Å². The summed E-state index contributed by atoms with van der Waals surface area (Å²) in [6.45, 7) is 4.03. The molecule has 0 radical (unpaired) electrons. The number of fused-ring (bicyclic) bond motifs is 1. The molecule has 2 aromatic heterocycles. The maximum Gasteiger partial charge on any atom is 0.249 e. The molecule has 7 nitrogen and oxygen atoms in total. The average Bonchev–Trinajstić information content (AvgIpc) is 3.46. The summed E-state index contributed by atoms with van der Waals surface area (Å²) in [6.07, 6.45) is 10.4. The van der Waals surface area contributed by atoms with Crippen molar-refractivity contribution < 1.29 is 4.52 Å². The summed E-state index contributed by atoms with van der Waals surface area (Å²) in [5, 5.41) is 13.1. The van der Waals surface area contributed by atoms with E-state index in [4.69, 9.17) is 15.7 Å². The quantitative estimate of drug-likeness (QED) is 0.328. The number of likely N-dealkylation sites (tertiary alicyclic amines) is 1. The molecule has 0 bridgehead atoms. The molecular formula is C22H30N6O. The van der Waals surface area contributed by atoms with Gasteiger partial charge in [-0.1, -0.05) is 49.9 Å². The number of nitrogens with zero attached hydrogens (tertiary/aromatic N) is 4. The third kappa shape index (κ3) is 3.99. The van der Waals surface area contributed by atoms with Gasteiger partial charge in [-0.25, -0.2) is 0 Å². The first kappa shape index (κ1) is 19.5. The number of nitrogens with two attached hydrogens (primary N) is 1. The van der Waals surface area contributed by atoms with Crippen LogP contribution in [0, 0.1) is 5.41 Å². The Morgan fingerprint density at radius 1 is 1.24 bits per heavy atom. The van der Waals surface area contributed by atoms with Crippen molar-refractivity contribution in [2.24, 2.45) is 5.73 Å². The SMILES string of the molecule is CCCCCCCn1ccc2c(-c3noc([C@@H]4CCCN4C(=N)N)n3)cccc21. The predicted molar refractivity (Wildman–Crippen MR) is 115 cm³/mol. The number of aromatic nitrogens is 3. The van der Waals surface area contributed by atoms with E-state index in [1.165, 1.54) is 37.6 Å². The monoisotopic (exact) mass is 394 g/mol. The number of unbranched alkanes of at least 4 members (excludes halogenated alkanes) is 4. The average molecular weight is 395 g/mol. The molecule has 0 unspecified atom stereocenters. The van der Waals surface area contributed by atoms with E-state index in [1.807, 2.05) is 11.0 Å². The van der Waals surface area contributed by atoms with Gasteiger partial charge in [0, 0.05) is 35.8 Å². The molecule has 1 aliphatic heterocycles. The van der Waals surface area contributed by atoms with Crippen molar-refractivity contribution in [1.29, 1.82) is 5.41 Å². The van der Waals surface area contributed by atoms with Gasteiger partial charge in [0.05, 0.1) is 0 Å². The smallest absolute Gasteiger partial charge is 0.249 e. The highest BCUT2D eigenvalue weighted by molar-refractivity contribution is 5.93. The van der Waals surface area contributed by atoms with E-state index in [1.54, 1.807) is 0 Å². The van der Waals surface area contributed by atoms with Gasteiger partial charge in [-0.05, 0) is 31.4 Å². The largest absolute Gasteiger partial charge is 0.370 e. The van der Waals surface area contributed by atoms with Crippen molar-refractivity contribution in [3.63, 3.8) is 0 Å². The molecule has 0 aliphatic carbocycles. The number of benzene rings is 1. The van der Waals surface area contributed by atoms with Gasteiger partial charge in [-0.15, -0.1) is 0 Å². The summed E-state index contributed by atoms with van der Waals surface area (Å²) in [5.74, 6) is 1.20. The van der Waals surface area contributed by atoms with E-state index >= 15 is 0 Å². The molecule has 7 heteroatoms. The molecule has 3 N–H and O–H groups in total. The zero-order chi connectivity index (χ0) is 20.2. The number of aryl methyl sites for hydroxylation is 1. The van der Waals surface area contributed by atoms with E-state index in [0.29, 0.717) is 11.7 Å². The fourth-order valence-electron chi connectivity index (χ4n) is 4.29. The van der Waals surface area contributed by atoms with Crippen LogP contribution in [0.15, 0.2) is 35.0 Å². The lowest BCUT2D eigenvalue weighted by molar-refractivity contribution is 0.283. The van der Waals surface area contributed by atoms with Crippen LogP contribution < -0.4 is 5.73 Å². The van der Waals surface area contributed by atoms with Crippen LogP contribution in [-0.4, -0.2) is 32.1 Å². The lowest BCUT2D eigenvalue weighted by atomic mass is 10.1. The normalized spacial score (nSPS) is 16.7. The van der Waals surface area contributed by atoms with E-state index in [9.17, 15) is 0 Å². The molecule has 154 valence electrons. The van der Waals surface area contributed by atoms with Crippen molar-refractivity contribution in [3.05, 3.63) is 36.4 Å². The van der Waals surface area contributed by atoms with E-state index in [-0.39, 0.29) is 12.0 Å². The van der Waals surface area contributed by atoms with Crippen LogP contribution in [0.2, 0.25) is 0 Å². The lowest BCUT2D eigenvalue weighted by Crippen LogP contribution is -2.35. The zero-order valence-electron chi connectivity index (χ0n) is 17.1. The first-order chi connectivity index (χ1) is 14.2. The Balaban J connectivity index is 1.54. The minimum Gasteiger partial charge on any atom is -0.370 e. The van der Waals surface area contributed by atoms with Gasteiger partial charge in [-0.3, -0.25) is 5.41 Å². The Morgan fingerprint density at radius 2 is 2.10 bits per heavy atom. The molecule has 0 amide bonds. The highest BCUT2D eigenvalue weighted by atomic mass is 16.5. The van der Waals surface area contributed by atoms with Crippen LogP contribution in [0.4, 0.5) is 0 Å². The fraction of sp³-hybridized carbons (Fsp3) is 0.500. The van der Waals surface area contributed by atoms with E-state index in [2.05, 4.69) is 46.0 Å². The fourth-order valence-corrected chi connectivity index (χ4v) is 4.29. The Morgan fingerprint density at radius 3 is 2.93 bits per heavy atom. The standard InChI is InChI=1S/C22H30N6O/c1-2-3-4-5-6-13-27-15-12-16-17(9-7-10-18(16)27)20-25-21(29-26-20)19-11-8-14-28(19)22(23)24/h7,9-10,12,15,19H,2-6,8,11,13-14H2,1H3,(H3,23,24)/t19-/m0/s1. The number of hydrogen-bond donors (Lipinski definition) is 2. The molecule has 3 heterocycles. The van der Waals surface area contributed by atoms with Gasteiger partial charge in [0.2, 0.25) is 11.7 Å². The van der Waals surface area contributed by atoms with Gasteiger partial charge >= 0.3 is 0 Å². The number of rotatable bonds is 8. The second kappa shape index (κ2) is 8.68. The van der Waals surface area contributed by atoms with Crippen LogP contribution in [0.25, 0.3) is 22.3 Å². The van der Waals surface area contributed by atoms with Crippen LogP contribution >= 0.6 is 0 Å². The summed E-state index contributed by atoms with van der Waals surface area (Å²) in [6, 6.07) is 8.30. The van der Waals surface area contributed by atoms with Crippen molar-refractivity contribution in [3.8, 4) is 11.4 Å². The van der Waals surface area contributed by atoms with E-state index < -0.39 is 0 Å². The molecule has 1 atom stereocenters. The molecule has 4 rings (SSSR count). The zero-order valence-corrected chi connectivity index (χ0v) is 17.1. The maximum absolute atomic E-state index is 7.76. The molecule has 29 heavy (non-hydrogen) atoms. The Bertz CT molecular complexity index is 975. The highest BCUT2D eigenvalue weighted by Gasteiger charge is 2.31. The maximum atomic E-state index is 7.76. The van der Waals surface area contributed by atoms with E-state index in [0.717, 1.165) is 36.9 Å². The van der Waals surface area contributed by atoms with Crippen molar-refractivity contribution in [2.75, 3.05) is 6.54 Å². The van der Waals surface area contributed by atoms with Crippen LogP contribution in [0.5, 0.6) is 0 Å². The topological polar surface area (TPSA) is 97.0 Å². The first-order valence-electron chi connectivity index (χ1n) is 10.7. The first-order valence-corrected chi connectivity index (χ1v) is 10.7. The Labute approximate surface area is 171 Å². The lowest BCUT2D eigenvalue weighted by Gasteiger charge is -2.21. The molecule has 1 aromatic carbocycles. The van der Waals surface area contributed by atoms with Crippen molar-refractivity contribution in [2.45, 2.75) is 64.5 Å². The predicted octanol–water partition coefficient (Wildman–Crippen LogP) is 4.69. The third-order valence-corrected chi connectivity index (χ3v) is 5.85. The van der Waals surface area contributed by atoms with Crippen LogP contribution in [0.3, 0.4) is 0 Å². The summed E-state index contributed by atoms with van der Waals surface area (Å²) in [5.41, 5.74) is 7.89. The van der Waals surface area contributed by atoms with Gasteiger partial charge in [0.25, 0.3) is 0 Å². The second-order valence-corrected chi connectivity index (χ2v) is 7.85. The summed E-state index contributed by atoms with van der Waals surface area (Å²) < 4.78 is 7.90. The molecule has 3 aromatic rings. The van der Waals surface area contributed by atoms with Crippen molar-refractivity contribution in [1.82, 2.24) is 19.6 Å². The summed E-state index contributed by atoms with van der Waals surface area (Å²) >= 11 is 0. The molecule has 1 aliphatic rings.